The molecule has 1 saturated heterocycles. The summed E-state index contributed by atoms with van der Waals surface area (Å²) in [5.74, 6) is 0.687. The number of tetrazole rings is 1. The summed E-state index contributed by atoms with van der Waals surface area (Å²) in [4.78, 5) is 0.205. The van der Waals surface area contributed by atoms with Crippen molar-refractivity contribution in [3.8, 4) is 11.4 Å². The average Bonchev–Trinajstić information content (AvgIpc) is 3.49. The fourth-order valence-electron chi connectivity index (χ4n) is 3.58. The lowest BCUT2D eigenvalue weighted by Gasteiger charge is -2.26. The van der Waals surface area contributed by atoms with Crippen molar-refractivity contribution in [2.24, 2.45) is 0 Å². The maximum absolute atomic E-state index is 13.6. The van der Waals surface area contributed by atoms with E-state index in [0.717, 1.165) is 18.4 Å². The van der Waals surface area contributed by atoms with Crippen molar-refractivity contribution in [2.45, 2.75) is 37.3 Å². The highest BCUT2D eigenvalue weighted by atomic mass is 32.2. The van der Waals surface area contributed by atoms with Gasteiger partial charge < -0.3 is 9.47 Å². The molecule has 4 rings (SSSR count). The molecule has 2 heterocycles. The highest BCUT2D eigenvalue weighted by Gasteiger charge is 2.30. The molecule has 0 aliphatic carbocycles. The molecule has 1 unspecified atom stereocenters. The maximum Gasteiger partial charge on any atom is 0.243 e. The topological polar surface area (TPSA) is 99.4 Å². The lowest BCUT2D eigenvalue weighted by molar-refractivity contribution is 0.0924. The zero-order chi connectivity index (χ0) is 21.7. The largest absolute Gasteiger partial charge is 0.494 e. The van der Waals surface area contributed by atoms with Crippen LogP contribution in [0.1, 0.15) is 25.3 Å². The number of aromatic nitrogens is 4. The molecular weight excluding hydrogens is 418 g/mol. The standard InChI is InChI=1S/C21H25N5O4S/c1-2-29-21-8-4-3-6-17(21)14-25(15-19-7-5-13-30-19)31(27,28)20-11-9-18(10-12-20)26-16-22-23-24-26/h3-4,6,8-12,16,19H,2,5,7,13-15H2,1H3. The van der Waals surface area contributed by atoms with Crippen LogP contribution in [0.3, 0.4) is 0 Å². The fraction of sp³-hybridized carbons (Fsp3) is 0.381. The summed E-state index contributed by atoms with van der Waals surface area (Å²) in [6.07, 6.45) is 3.12. The van der Waals surface area contributed by atoms with E-state index in [0.29, 0.717) is 24.7 Å². The summed E-state index contributed by atoms with van der Waals surface area (Å²) >= 11 is 0. The van der Waals surface area contributed by atoms with E-state index in [2.05, 4.69) is 15.5 Å². The molecule has 9 nitrogen and oxygen atoms in total. The number of hydrogen-bond acceptors (Lipinski definition) is 7. The van der Waals surface area contributed by atoms with Gasteiger partial charge in [0.15, 0.2) is 0 Å². The van der Waals surface area contributed by atoms with Gasteiger partial charge in [-0.2, -0.15) is 4.31 Å². The number of benzene rings is 2. The van der Waals surface area contributed by atoms with E-state index in [1.54, 1.807) is 24.3 Å². The molecular formula is C21H25N5O4S. The van der Waals surface area contributed by atoms with E-state index in [-0.39, 0.29) is 24.1 Å². The molecule has 0 bridgehead atoms. The van der Waals surface area contributed by atoms with Crippen LogP contribution in [0.2, 0.25) is 0 Å². The SMILES string of the molecule is CCOc1ccccc1CN(CC1CCCO1)S(=O)(=O)c1ccc(-n2cnnn2)cc1. The molecule has 31 heavy (non-hydrogen) atoms. The predicted octanol–water partition coefficient (Wildman–Crippen LogP) is 2.43. The molecule has 1 atom stereocenters. The first-order valence-electron chi connectivity index (χ1n) is 10.2. The van der Waals surface area contributed by atoms with Crippen molar-refractivity contribution in [3.05, 3.63) is 60.4 Å². The summed E-state index contributed by atoms with van der Waals surface area (Å²) in [5.41, 5.74) is 1.49. The van der Waals surface area contributed by atoms with E-state index >= 15 is 0 Å². The van der Waals surface area contributed by atoms with E-state index in [4.69, 9.17) is 9.47 Å². The van der Waals surface area contributed by atoms with Gasteiger partial charge in [-0.05, 0) is 60.5 Å². The molecule has 0 amide bonds. The first kappa shape index (κ1) is 21.4. The van der Waals surface area contributed by atoms with Gasteiger partial charge in [-0.25, -0.2) is 13.1 Å². The lowest BCUT2D eigenvalue weighted by Crippen LogP contribution is -2.37. The third kappa shape index (κ3) is 4.92. The average molecular weight is 444 g/mol. The van der Waals surface area contributed by atoms with Gasteiger partial charge in [-0.3, -0.25) is 0 Å². The van der Waals surface area contributed by atoms with Crippen molar-refractivity contribution in [1.82, 2.24) is 24.5 Å². The molecule has 3 aromatic rings. The fourth-order valence-corrected chi connectivity index (χ4v) is 5.03. The molecule has 0 saturated carbocycles. The second-order valence-electron chi connectivity index (χ2n) is 7.22. The third-order valence-electron chi connectivity index (χ3n) is 5.14. The molecule has 1 fully saturated rings. The number of ether oxygens (including phenoxy) is 2. The number of para-hydroxylation sites is 1. The highest BCUT2D eigenvalue weighted by molar-refractivity contribution is 7.89. The quantitative estimate of drug-likeness (QED) is 0.501. The summed E-state index contributed by atoms with van der Waals surface area (Å²) < 4.78 is 41.5. The Morgan fingerprint density at radius 3 is 2.68 bits per heavy atom. The Morgan fingerprint density at radius 2 is 2.00 bits per heavy atom. The van der Waals surface area contributed by atoms with E-state index in [1.165, 1.54) is 15.3 Å². The van der Waals surface area contributed by atoms with Crippen molar-refractivity contribution >= 4 is 10.0 Å². The second-order valence-corrected chi connectivity index (χ2v) is 9.16. The lowest BCUT2D eigenvalue weighted by atomic mass is 10.2. The van der Waals surface area contributed by atoms with Gasteiger partial charge in [-0.1, -0.05) is 18.2 Å². The van der Waals surface area contributed by atoms with Crippen LogP contribution in [-0.4, -0.2) is 58.8 Å². The van der Waals surface area contributed by atoms with Crippen LogP contribution in [0.15, 0.2) is 59.8 Å². The third-order valence-corrected chi connectivity index (χ3v) is 6.96. The second kappa shape index (κ2) is 9.54. The number of sulfonamides is 1. The molecule has 0 spiro atoms. The molecule has 2 aromatic carbocycles. The number of rotatable bonds is 9. The highest BCUT2D eigenvalue weighted by Crippen LogP contribution is 2.26. The Hall–Kier alpha value is -2.82. The van der Waals surface area contributed by atoms with Crippen molar-refractivity contribution < 1.29 is 17.9 Å². The van der Waals surface area contributed by atoms with Crippen molar-refractivity contribution in [3.63, 3.8) is 0 Å². The maximum atomic E-state index is 13.6. The Bertz CT molecular complexity index is 1080. The molecule has 1 aliphatic rings. The number of hydrogen-bond donors (Lipinski definition) is 0. The molecule has 0 radical (unpaired) electrons. The van der Waals surface area contributed by atoms with E-state index < -0.39 is 10.0 Å². The molecule has 164 valence electrons. The monoisotopic (exact) mass is 443 g/mol. The zero-order valence-electron chi connectivity index (χ0n) is 17.3. The zero-order valence-corrected chi connectivity index (χ0v) is 18.1. The van der Waals surface area contributed by atoms with Crippen LogP contribution in [0.25, 0.3) is 5.69 Å². The summed E-state index contributed by atoms with van der Waals surface area (Å²) in [6, 6.07) is 14.0. The van der Waals surface area contributed by atoms with Crippen LogP contribution in [0, 0.1) is 0 Å². The predicted molar refractivity (Wildman–Crippen MR) is 113 cm³/mol. The Morgan fingerprint density at radius 1 is 1.19 bits per heavy atom. The van der Waals surface area contributed by atoms with Crippen molar-refractivity contribution in [1.29, 1.82) is 0 Å². The minimum absolute atomic E-state index is 0.116. The molecule has 10 heteroatoms. The minimum Gasteiger partial charge on any atom is -0.494 e. The molecule has 0 N–H and O–H groups in total. The van der Waals surface area contributed by atoms with Crippen LogP contribution in [-0.2, 0) is 21.3 Å². The smallest absolute Gasteiger partial charge is 0.243 e. The van der Waals surface area contributed by atoms with E-state index in [9.17, 15) is 8.42 Å². The van der Waals surface area contributed by atoms with Gasteiger partial charge in [0.25, 0.3) is 0 Å². The summed E-state index contributed by atoms with van der Waals surface area (Å²) in [6.45, 7) is 3.57. The first-order valence-corrected chi connectivity index (χ1v) is 11.7. The van der Waals surface area contributed by atoms with Gasteiger partial charge in [0, 0.05) is 25.3 Å². The van der Waals surface area contributed by atoms with Gasteiger partial charge in [0.1, 0.15) is 12.1 Å². The first-order chi connectivity index (χ1) is 15.1. The normalized spacial score (nSPS) is 16.6. The van der Waals surface area contributed by atoms with Crippen molar-refractivity contribution in [2.75, 3.05) is 19.8 Å². The Labute approximate surface area is 181 Å². The van der Waals surface area contributed by atoms with Crippen LogP contribution in [0.5, 0.6) is 5.75 Å². The van der Waals surface area contributed by atoms with Gasteiger partial charge >= 0.3 is 0 Å². The van der Waals surface area contributed by atoms with Gasteiger partial charge in [0.05, 0.1) is 23.3 Å². The van der Waals surface area contributed by atoms with Crippen LogP contribution < -0.4 is 4.74 Å². The Kier molecular flexibility index (Phi) is 6.59. The van der Waals surface area contributed by atoms with Gasteiger partial charge in [-0.15, -0.1) is 5.10 Å². The van der Waals surface area contributed by atoms with Crippen LogP contribution >= 0.6 is 0 Å². The molecule has 1 aliphatic heterocycles. The van der Waals surface area contributed by atoms with Crippen LogP contribution in [0.4, 0.5) is 0 Å². The van der Waals surface area contributed by atoms with Gasteiger partial charge in [0.2, 0.25) is 10.0 Å². The number of nitrogens with zero attached hydrogens (tertiary/aromatic N) is 5. The summed E-state index contributed by atoms with van der Waals surface area (Å²) in [7, 11) is -3.77. The Balaban J connectivity index is 1.63. The van der Waals surface area contributed by atoms with E-state index in [1.807, 2.05) is 31.2 Å². The molecule has 1 aromatic heterocycles. The minimum atomic E-state index is -3.77. The summed E-state index contributed by atoms with van der Waals surface area (Å²) in [5, 5.41) is 11.0.